The van der Waals surface area contributed by atoms with Crippen molar-refractivity contribution in [2.45, 2.75) is 19.3 Å². The summed E-state index contributed by atoms with van der Waals surface area (Å²) in [4.78, 5) is 25.4. The maximum absolute atomic E-state index is 12.3. The monoisotopic (exact) mass is 294 g/mol. The van der Waals surface area contributed by atoms with Crippen LogP contribution in [0.4, 0.5) is 0 Å². The molecule has 0 aromatic carbocycles. The van der Waals surface area contributed by atoms with Crippen molar-refractivity contribution >= 4 is 23.4 Å². The molecule has 1 spiro atoms. The summed E-state index contributed by atoms with van der Waals surface area (Å²) in [6.45, 7) is 2.03. The molecule has 0 atom stereocenters. The van der Waals surface area contributed by atoms with Crippen molar-refractivity contribution in [1.82, 2.24) is 20.4 Å². The molecule has 1 aromatic heterocycles. The first-order valence-corrected chi connectivity index (χ1v) is 7.01. The number of nitrogens with one attached hydrogen (secondary N) is 1. The van der Waals surface area contributed by atoms with E-state index in [1.165, 1.54) is 0 Å². The highest BCUT2D eigenvalue weighted by molar-refractivity contribution is 6.29. The van der Waals surface area contributed by atoms with Crippen LogP contribution < -0.4 is 5.32 Å². The quantitative estimate of drug-likeness (QED) is 0.834. The van der Waals surface area contributed by atoms with E-state index < -0.39 is 0 Å². The van der Waals surface area contributed by atoms with Crippen molar-refractivity contribution in [2.24, 2.45) is 5.41 Å². The minimum absolute atomic E-state index is 0.0412. The molecule has 2 aliphatic rings. The Balaban J connectivity index is 1.64. The molecular formula is C13H15ClN4O2. The topological polar surface area (TPSA) is 75.2 Å². The molecule has 7 heteroatoms. The number of carbonyl (C=O) groups is 2. The van der Waals surface area contributed by atoms with Crippen molar-refractivity contribution in [2.75, 3.05) is 19.6 Å². The molecular weight excluding hydrogens is 280 g/mol. The predicted octanol–water partition coefficient (Wildman–Crippen LogP) is 0.872. The Morgan fingerprint density at radius 2 is 2.05 bits per heavy atom. The lowest BCUT2D eigenvalue weighted by molar-refractivity contribution is -0.119. The molecule has 3 rings (SSSR count). The molecule has 1 N–H and O–H groups in total. The van der Waals surface area contributed by atoms with Gasteiger partial charge in [-0.05, 0) is 30.4 Å². The summed E-state index contributed by atoms with van der Waals surface area (Å²) in [6.07, 6.45) is 2.27. The molecule has 106 valence electrons. The van der Waals surface area contributed by atoms with Crippen LogP contribution in [-0.4, -0.2) is 46.5 Å². The number of piperidine rings is 1. The van der Waals surface area contributed by atoms with Gasteiger partial charge in [0.2, 0.25) is 5.91 Å². The van der Waals surface area contributed by atoms with Crippen LogP contribution in [0.25, 0.3) is 0 Å². The number of aromatic nitrogens is 2. The van der Waals surface area contributed by atoms with Crippen LogP contribution in [0.15, 0.2) is 12.1 Å². The molecule has 0 saturated carbocycles. The van der Waals surface area contributed by atoms with Crippen LogP contribution in [-0.2, 0) is 4.79 Å². The maximum Gasteiger partial charge on any atom is 0.274 e. The second kappa shape index (κ2) is 5.01. The van der Waals surface area contributed by atoms with Crippen LogP contribution in [0.3, 0.4) is 0 Å². The van der Waals surface area contributed by atoms with Crippen molar-refractivity contribution in [1.29, 1.82) is 0 Å². The number of halogens is 1. The van der Waals surface area contributed by atoms with Crippen LogP contribution in [0.1, 0.15) is 29.8 Å². The molecule has 0 unspecified atom stereocenters. The summed E-state index contributed by atoms with van der Waals surface area (Å²) in [5.74, 6) is -0.00496. The van der Waals surface area contributed by atoms with Gasteiger partial charge in [0.25, 0.3) is 5.91 Å². The van der Waals surface area contributed by atoms with E-state index in [2.05, 4.69) is 15.5 Å². The minimum atomic E-state index is -0.124. The Bertz CT molecular complexity index is 538. The van der Waals surface area contributed by atoms with Gasteiger partial charge in [0.1, 0.15) is 0 Å². The molecule has 3 heterocycles. The number of likely N-dealkylation sites (tertiary alicyclic amines) is 1. The van der Waals surface area contributed by atoms with Gasteiger partial charge >= 0.3 is 0 Å². The standard InChI is InChI=1S/C13H15ClN4O2/c14-10-2-1-9(16-17-10)12(20)18-5-3-13(4-6-18)7-11(19)15-8-13/h1-2H,3-8H2,(H,15,19). The molecule has 6 nitrogen and oxygen atoms in total. The fourth-order valence-corrected chi connectivity index (χ4v) is 2.98. The van der Waals surface area contributed by atoms with E-state index >= 15 is 0 Å². The third kappa shape index (κ3) is 2.47. The van der Waals surface area contributed by atoms with Gasteiger partial charge in [-0.3, -0.25) is 9.59 Å². The number of amides is 2. The van der Waals surface area contributed by atoms with E-state index in [1.54, 1.807) is 17.0 Å². The summed E-state index contributed by atoms with van der Waals surface area (Å²) >= 11 is 5.66. The zero-order valence-electron chi connectivity index (χ0n) is 10.9. The molecule has 2 fully saturated rings. The summed E-state index contributed by atoms with van der Waals surface area (Å²) in [5.41, 5.74) is 0.352. The molecule has 2 aliphatic heterocycles. The lowest BCUT2D eigenvalue weighted by Gasteiger charge is -2.37. The molecule has 2 saturated heterocycles. The smallest absolute Gasteiger partial charge is 0.274 e. The fraction of sp³-hybridized carbons (Fsp3) is 0.538. The molecule has 1 aromatic rings. The average molecular weight is 295 g/mol. The molecule has 20 heavy (non-hydrogen) atoms. The summed E-state index contributed by atoms with van der Waals surface area (Å²) in [5, 5.41) is 10.7. The number of hydrogen-bond acceptors (Lipinski definition) is 4. The van der Waals surface area contributed by atoms with Gasteiger partial charge in [0, 0.05) is 26.1 Å². The summed E-state index contributed by atoms with van der Waals surface area (Å²) in [7, 11) is 0. The maximum atomic E-state index is 12.3. The third-order valence-corrected chi connectivity index (χ3v) is 4.36. The van der Waals surface area contributed by atoms with Crippen molar-refractivity contribution < 1.29 is 9.59 Å². The van der Waals surface area contributed by atoms with Crippen molar-refractivity contribution in [3.63, 3.8) is 0 Å². The van der Waals surface area contributed by atoms with Crippen molar-refractivity contribution in [3.8, 4) is 0 Å². The molecule has 0 aliphatic carbocycles. The molecule has 0 radical (unpaired) electrons. The molecule has 2 amide bonds. The Morgan fingerprint density at radius 1 is 1.30 bits per heavy atom. The van der Waals surface area contributed by atoms with Gasteiger partial charge in [0.05, 0.1) is 0 Å². The number of nitrogens with zero attached hydrogens (tertiary/aromatic N) is 3. The predicted molar refractivity (Wildman–Crippen MR) is 72.2 cm³/mol. The first-order chi connectivity index (χ1) is 9.58. The molecule has 0 bridgehead atoms. The first kappa shape index (κ1) is 13.3. The number of rotatable bonds is 1. The Hall–Kier alpha value is -1.69. The Morgan fingerprint density at radius 3 is 2.60 bits per heavy atom. The number of carbonyl (C=O) groups excluding carboxylic acids is 2. The fourth-order valence-electron chi connectivity index (χ4n) is 2.88. The summed E-state index contributed by atoms with van der Waals surface area (Å²) in [6, 6.07) is 3.15. The highest BCUT2D eigenvalue weighted by Crippen LogP contribution is 2.37. The van der Waals surface area contributed by atoms with Crippen LogP contribution in [0.2, 0.25) is 5.15 Å². The van der Waals surface area contributed by atoms with Crippen LogP contribution >= 0.6 is 11.6 Å². The van der Waals surface area contributed by atoms with Gasteiger partial charge in [-0.15, -0.1) is 10.2 Å². The van der Waals surface area contributed by atoms with E-state index in [-0.39, 0.29) is 22.4 Å². The van der Waals surface area contributed by atoms with E-state index in [0.717, 1.165) is 19.4 Å². The minimum Gasteiger partial charge on any atom is -0.356 e. The Labute approximate surface area is 121 Å². The SMILES string of the molecule is O=C1CC2(CCN(C(=O)c3ccc(Cl)nn3)CC2)CN1. The second-order valence-electron chi connectivity index (χ2n) is 5.49. The number of hydrogen-bond donors (Lipinski definition) is 1. The normalized spacial score (nSPS) is 21.1. The van der Waals surface area contributed by atoms with E-state index in [9.17, 15) is 9.59 Å². The zero-order chi connectivity index (χ0) is 14.2. The van der Waals surface area contributed by atoms with Gasteiger partial charge in [-0.25, -0.2) is 0 Å². The largest absolute Gasteiger partial charge is 0.356 e. The van der Waals surface area contributed by atoms with E-state index in [0.29, 0.717) is 25.2 Å². The van der Waals surface area contributed by atoms with E-state index in [1.807, 2.05) is 0 Å². The lowest BCUT2D eigenvalue weighted by Crippen LogP contribution is -2.44. The second-order valence-corrected chi connectivity index (χ2v) is 5.87. The van der Waals surface area contributed by atoms with Gasteiger partial charge in [-0.1, -0.05) is 11.6 Å². The first-order valence-electron chi connectivity index (χ1n) is 6.63. The van der Waals surface area contributed by atoms with Crippen LogP contribution in [0, 0.1) is 5.41 Å². The highest BCUT2D eigenvalue weighted by atomic mass is 35.5. The third-order valence-electron chi connectivity index (χ3n) is 4.16. The lowest BCUT2D eigenvalue weighted by atomic mass is 9.77. The zero-order valence-corrected chi connectivity index (χ0v) is 11.7. The average Bonchev–Trinajstić information content (AvgIpc) is 2.81. The van der Waals surface area contributed by atoms with Crippen molar-refractivity contribution in [3.05, 3.63) is 23.0 Å². The Kier molecular flexibility index (Phi) is 3.33. The van der Waals surface area contributed by atoms with Gasteiger partial charge in [0.15, 0.2) is 10.8 Å². The van der Waals surface area contributed by atoms with Gasteiger partial charge in [-0.2, -0.15) is 0 Å². The van der Waals surface area contributed by atoms with Crippen LogP contribution in [0.5, 0.6) is 0 Å². The van der Waals surface area contributed by atoms with E-state index in [4.69, 9.17) is 11.6 Å². The highest BCUT2D eigenvalue weighted by Gasteiger charge is 2.41. The summed E-state index contributed by atoms with van der Waals surface area (Å²) < 4.78 is 0. The van der Waals surface area contributed by atoms with Gasteiger partial charge < -0.3 is 10.2 Å².